The largest absolute Gasteiger partial charge is 0.461 e. The fourth-order valence-electron chi connectivity index (χ4n) is 2.37. The molecule has 1 aromatic rings. The molecule has 0 unspecified atom stereocenters. The molecule has 0 saturated carbocycles. The molecule has 0 amide bonds. The van der Waals surface area contributed by atoms with Gasteiger partial charge in [0.1, 0.15) is 13.2 Å². The number of hydrogen-bond acceptors (Lipinski definition) is 9. The van der Waals surface area contributed by atoms with Gasteiger partial charge in [0.2, 0.25) is 0 Å². The molecule has 0 atom stereocenters. The number of anilines is 1. The predicted molar refractivity (Wildman–Crippen MR) is 106 cm³/mol. The quantitative estimate of drug-likeness (QED) is 0.266. The summed E-state index contributed by atoms with van der Waals surface area (Å²) < 4.78 is 21.9. The number of aromatic nitrogens is 3. The molecule has 0 saturated heterocycles. The second-order valence-electron chi connectivity index (χ2n) is 6.38. The third-order valence-corrected chi connectivity index (χ3v) is 3.90. The highest BCUT2D eigenvalue weighted by molar-refractivity contribution is 5.23. The molecule has 9 nitrogen and oxygen atoms in total. The van der Waals surface area contributed by atoms with Crippen molar-refractivity contribution < 1.29 is 24.2 Å². The molecule has 1 rings (SSSR count). The molecule has 1 aromatic heterocycles. The van der Waals surface area contributed by atoms with Gasteiger partial charge in [0.05, 0.1) is 13.2 Å². The summed E-state index contributed by atoms with van der Waals surface area (Å²) in [4.78, 5) is 11.9. The molecule has 0 aromatic carbocycles. The second-order valence-corrected chi connectivity index (χ2v) is 6.38. The van der Waals surface area contributed by atoms with Gasteiger partial charge in [-0.2, -0.15) is 9.97 Å². The Morgan fingerprint density at radius 3 is 1.57 bits per heavy atom. The van der Waals surface area contributed by atoms with Crippen molar-refractivity contribution in [1.29, 1.82) is 0 Å². The third-order valence-electron chi connectivity index (χ3n) is 3.90. The van der Waals surface area contributed by atoms with Crippen LogP contribution in [0.15, 0.2) is 0 Å². The van der Waals surface area contributed by atoms with Crippen LogP contribution in [0.25, 0.3) is 0 Å². The van der Waals surface area contributed by atoms with Crippen molar-refractivity contribution in [3.8, 4) is 12.0 Å². The lowest BCUT2D eigenvalue weighted by Gasteiger charge is -2.09. The van der Waals surface area contributed by atoms with Gasteiger partial charge in [-0.25, -0.2) is 5.48 Å². The average molecular weight is 401 g/mol. The minimum Gasteiger partial charge on any atom is -0.461 e. The van der Waals surface area contributed by atoms with Crippen LogP contribution in [0.4, 0.5) is 5.95 Å². The molecule has 0 fully saturated rings. The van der Waals surface area contributed by atoms with Crippen molar-refractivity contribution in [2.24, 2.45) is 0 Å². The van der Waals surface area contributed by atoms with Gasteiger partial charge in [0.15, 0.2) is 0 Å². The SMILES string of the molecule is CCCCCCOCCOc1nc(NO)nc(OCCOCCCCCC)n1. The Kier molecular flexibility index (Phi) is 15.1. The highest BCUT2D eigenvalue weighted by atomic mass is 16.5. The van der Waals surface area contributed by atoms with Crippen LogP contribution in [0.2, 0.25) is 0 Å². The van der Waals surface area contributed by atoms with E-state index in [1.54, 1.807) is 0 Å². The third kappa shape index (κ3) is 12.6. The maximum atomic E-state index is 9.05. The van der Waals surface area contributed by atoms with Gasteiger partial charge in [-0.3, -0.25) is 5.21 Å². The highest BCUT2D eigenvalue weighted by Crippen LogP contribution is 2.12. The van der Waals surface area contributed by atoms with E-state index in [2.05, 4.69) is 28.8 Å². The zero-order valence-electron chi connectivity index (χ0n) is 17.3. The van der Waals surface area contributed by atoms with Crippen LogP contribution in [-0.4, -0.2) is 59.8 Å². The van der Waals surface area contributed by atoms with Gasteiger partial charge < -0.3 is 18.9 Å². The van der Waals surface area contributed by atoms with E-state index in [1.807, 2.05) is 5.48 Å². The smallest absolute Gasteiger partial charge is 0.324 e. The van der Waals surface area contributed by atoms with Gasteiger partial charge in [-0.1, -0.05) is 52.4 Å². The molecular formula is C19H36N4O5. The molecule has 1 heterocycles. The Labute approximate surface area is 168 Å². The molecular weight excluding hydrogens is 364 g/mol. The maximum absolute atomic E-state index is 9.05. The van der Waals surface area contributed by atoms with Gasteiger partial charge in [0, 0.05) is 13.2 Å². The van der Waals surface area contributed by atoms with Gasteiger partial charge in [-0.05, 0) is 12.8 Å². The van der Waals surface area contributed by atoms with E-state index in [9.17, 15) is 0 Å². The van der Waals surface area contributed by atoms with E-state index in [-0.39, 0.29) is 18.0 Å². The number of nitrogens with one attached hydrogen (secondary N) is 1. The summed E-state index contributed by atoms with van der Waals surface area (Å²) in [5.74, 6) is -0.0408. The second kappa shape index (κ2) is 17.4. The van der Waals surface area contributed by atoms with Gasteiger partial charge in [-0.15, -0.1) is 4.98 Å². The Hall–Kier alpha value is -1.71. The first-order valence-electron chi connectivity index (χ1n) is 10.4. The summed E-state index contributed by atoms with van der Waals surface area (Å²) >= 11 is 0. The van der Waals surface area contributed by atoms with E-state index < -0.39 is 0 Å². The first-order chi connectivity index (χ1) is 13.8. The summed E-state index contributed by atoms with van der Waals surface area (Å²) in [7, 11) is 0. The van der Waals surface area contributed by atoms with Crippen LogP contribution in [-0.2, 0) is 9.47 Å². The van der Waals surface area contributed by atoms with E-state index in [0.29, 0.717) is 26.4 Å². The first-order valence-corrected chi connectivity index (χ1v) is 10.4. The molecule has 0 radical (unpaired) electrons. The molecule has 0 aliphatic rings. The maximum Gasteiger partial charge on any atom is 0.324 e. The van der Waals surface area contributed by atoms with Crippen molar-refractivity contribution >= 4 is 5.95 Å². The number of nitrogens with zero attached hydrogens (tertiary/aromatic N) is 3. The van der Waals surface area contributed by atoms with E-state index in [4.69, 9.17) is 24.2 Å². The fourth-order valence-corrected chi connectivity index (χ4v) is 2.37. The molecule has 2 N–H and O–H groups in total. The van der Waals surface area contributed by atoms with E-state index in [0.717, 1.165) is 26.1 Å². The minimum absolute atomic E-state index is 0.0408. The molecule has 28 heavy (non-hydrogen) atoms. The molecule has 0 aliphatic heterocycles. The summed E-state index contributed by atoms with van der Waals surface area (Å²) in [6, 6.07) is 0.133. The first kappa shape index (κ1) is 24.3. The molecule has 0 aliphatic carbocycles. The molecule has 0 bridgehead atoms. The molecule has 9 heteroatoms. The zero-order valence-corrected chi connectivity index (χ0v) is 17.3. The Morgan fingerprint density at radius 2 is 1.14 bits per heavy atom. The summed E-state index contributed by atoms with van der Waals surface area (Å²) in [6.07, 6.45) is 9.34. The van der Waals surface area contributed by atoms with Crippen molar-refractivity contribution in [3.05, 3.63) is 0 Å². The summed E-state index contributed by atoms with van der Waals surface area (Å²) in [6.45, 7) is 7.31. The van der Waals surface area contributed by atoms with Crippen LogP contribution < -0.4 is 15.0 Å². The lowest BCUT2D eigenvalue weighted by Crippen LogP contribution is -2.13. The number of unbranched alkanes of at least 4 members (excludes halogenated alkanes) is 6. The lowest BCUT2D eigenvalue weighted by molar-refractivity contribution is 0.0888. The predicted octanol–water partition coefficient (Wildman–Crippen LogP) is 3.62. The molecule has 0 spiro atoms. The van der Waals surface area contributed by atoms with Crippen LogP contribution in [0.3, 0.4) is 0 Å². The van der Waals surface area contributed by atoms with Gasteiger partial charge >= 0.3 is 12.0 Å². The van der Waals surface area contributed by atoms with Crippen molar-refractivity contribution in [2.75, 3.05) is 45.1 Å². The fraction of sp³-hybridized carbons (Fsp3) is 0.842. The number of ether oxygens (including phenoxy) is 4. The normalized spacial score (nSPS) is 10.8. The van der Waals surface area contributed by atoms with Crippen LogP contribution >= 0.6 is 0 Å². The van der Waals surface area contributed by atoms with Crippen molar-refractivity contribution in [2.45, 2.75) is 65.2 Å². The summed E-state index contributed by atoms with van der Waals surface area (Å²) in [5.41, 5.74) is 1.88. The standard InChI is InChI=1S/C19H36N4O5/c1-3-5-7-9-11-25-13-15-27-18-20-17(23-24)21-19(22-18)28-16-14-26-12-10-8-6-4-2/h24H,3-16H2,1-2H3,(H,20,21,22,23). The van der Waals surface area contributed by atoms with Crippen molar-refractivity contribution in [3.63, 3.8) is 0 Å². The Morgan fingerprint density at radius 1 is 0.643 bits per heavy atom. The minimum atomic E-state index is -0.0408. The van der Waals surface area contributed by atoms with Gasteiger partial charge in [0.25, 0.3) is 5.95 Å². The van der Waals surface area contributed by atoms with Crippen LogP contribution in [0, 0.1) is 0 Å². The lowest BCUT2D eigenvalue weighted by atomic mass is 10.2. The topological polar surface area (TPSA) is 108 Å². The van der Waals surface area contributed by atoms with E-state index >= 15 is 0 Å². The summed E-state index contributed by atoms with van der Waals surface area (Å²) in [5, 5.41) is 9.05. The Bertz CT molecular complexity index is 455. The van der Waals surface area contributed by atoms with E-state index in [1.165, 1.54) is 38.5 Å². The highest BCUT2D eigenvalue weighted by Gasteiger charge is 2.08. The zero-order chi connectivity index (χ0) is 20.3. The van der Waals surface area contributed by atoms with Crippen LogP contribution in [0.1, 0.15) is 65.2 Å². The number of rotatable bonds is 19. The average Bonchev–Trinajstić information content (AvgIpc) is 2.71. The van der Waals surface area contributed by atoms with Crippen molar-refractivity contribution in [1.82, 2.24) is 15.0 Å². The molecule has 162 valence electrons. The monoisotopic (exact) mass is 400 g/mol. The number of hydrogen-bond donors (Lipinski definition) is 2. The van der Waals surface area contributed by atoms with Crippen LogP contribution in [0.5, 0.6) is 12.0 Å². The Balaban J connectivity index is 2.22.